The summed E-state index contributed by atoms with van der Waals surface area (Å²) in [5.41, 5.74) is 2.65. The van der Waals surface area contributed by atoms with E-state index in [1.165, 1.54) is 37.3 Å². The zero-order valence-electron chi connectivity index (χ0n) is 29.1. The molecule has 2 aromatic carbocycles. The molecule has 4 rings (SSSR count). The molecule has 0 aliphatic heterocycles. The van der Waals surface area contributed by atoms with Gasteiger partial charge in [-0.1, -0.05) is 70.9 Å². The highest BCUT2D eigenvalue weighted by Crippen LogP contribution is 2.40. The Morgan fingerprint density at radius 2 is 1.53 bits per heavy atom. The number of H-pyrrole nitrogens is 1. The van der Waals surface area contributed by atoms with Crippen molar-refractivity contribution in [3.63, 3.8) is 0 Å². The van der Waals surface area contributed by atoms with Gasteiger partial charge < -0.3 is 20.9 Å². The van der Waals surface area contributed by atoms with Crippen LogP contribution in [0, 0.1) is 17.7 Å². The predicted octanol–water partition coefficient (Wildman–Crippen LogP) is 4.14. The van der Waals surface area contributed by atoms with Crippen LogP contribution in [0.4, 0.5) is 17.6 Å². The van der Waals surface area contributed by atoms with E-state index in [0.717, 1.165) is 6.07 Å². The molecule has 0 bridgehead atoms. The van der Waals surface area contributed by atoms with Crippen molar-refractivity contribution < 1.29 is 41.5 Å². The second-order valence-electron chi connectivity index (χ2n) is 13.3. The maximum atomic E-state index is 14.5. The summed E-state index contributed by atoms with van der Waals surface area (Å²) in [6.45, 7) is 8.23. The molecule has 0 saturated heterocycles. The van der Waals surface area contributed by atoms with Gasteiger partial charge in [-0.2, -0.15) is 13.2 Å². The number of aromatic amines is 1. The molecule has 1 aromatic heterocycles. The van der Waals surface area contributed by atoms with Gasteiger partial charge in [0, 0.05) is 24.4 Å². The van der Waals surface area contributed by atoms with Gasteiger partial charge in [-0.25, -0.2) is 4.39 Å². The average molecular weight is 717 g/mol. The number of rotatable bonds is 12. The van der Waals surface area contributed by atoms with E-state index in [2.05, 4.69) is 31.8 Å². The van der Waals surface area contributed by atoms with Gasteiger partial charge in [-0.15, -0.1) is 0 Å². The highest BCUT2D eigenvalue weighted by atomic mass is 19.4. The van der Waals surface area contributed by atoms with Gasteiger partial charge >= 0.3 is 6.18 Å². The number of fused-ring (bicyclic) bond motifs is 3. The van der Waals surface area contributed by atoms with Crippen LogP contribution in [-0.2, 0) is 49.4 Å². The first-order chi connectivity index (χ1) is 24.0. The van der Waals surface area contributed by atoms with Gasteiger partial charge in [-0.05, 0) is 47.9 Å². The number of nitrogens with one attached hydrogen (secondary N) is 6. The number of aromatic nitrogens is 1. The molecular weight excluding hydrogens is 672 g/mol. The summed E-state index contributed by atoms with van der Waals surface area (Å²) < 4.78 is 56.3. The predicted molar refractivity (Wildman–Crippen MR) is 181 cm³/mol. The van der Waals surface area contributed by atoms with Crippen molar-refractivity contribution >= 4 is 40.4 Å². The Kier molecular flexibility index (Phi) is 12.1. The molecule has 3 aromatic rings. The zero-order valence-corrected chi connectivity index (χ0v) is 29.1. The quantitative estimate of drug-likeness (QED) is 0.123. The van der Waals surface area contributed by atoms with Gasteiger partial charge in [0.15, 0.2) is 0 Å². The summed E-state index contributed by atoms with van der Waals surface area (Å²) in [4.78, 5) is 69.3. The van der Waals surface area contributed by atoms with Gasteiger partial charge in [0.05, 0.1) is 17.5 Å². The van der Waals surface area contributed by atoms with E-state index in [1.807, 2.05) is 0 Å². The molecular formula is C36H44F4N6O5. The Labute approximate surface area is 293 Å². The molecule has 0 saturated carbocycles. The van der Waals surface area contributed by atoms with Crippen molar-refractivity contribution in [1.82, 2.24) is 31.8 Å². The molecule has 15 heteroatoms. The number of carbonyl (C=O) groups excluding carboxylic acids is 5. The fourth-order valence-electron chi connectivity index (χ4n) is 6.33. The zero-order chi connectivity index (χ0) is 37.7. The number of hydrogen-bond acceptors (Lipinski definition) is 5. The largest absolute Gasteiger partial charge is 0.418 e. The van der Waals surface area contributed by atoms with Crippen LogP contribution in [0.5, 0.6) is 0 Å². The Hall–Kier alpha value is -4.95. The van der Waals surface area contributed by atoms with Crippen LogP contribution in [0.15, 0.2) is 42.5 Å². The molecule has 11 nitrogen and oxygen atoms in total. The summed E-state index contributed by atoms with van der Waals surface area (Å²) in [6.07, 6.45) is -4.38. The smallest absolute Gasteiger partial charge is 0.358 e. The van der Waals surface area contributed by atoms with Crippen molar-refractivity contribution in [3.05, 3.63) is 70.7 Å². The summed E-state index contributed by atoms with van der Waals surface area (Å²) in [5, 5.41) is 8.49. The molecule has 0 spiro atoms. The normalized spacial score (nSPS) is 18.1. The third kappa shape index (κ3) is 8.86. The van der Waals surface area contributed by atoms with Crippen LogP contribution in [0.1, 0.15) is 76.3 Å². The van der Waals surface area contributed by atoms with Crippen LogP contribution in [0.3, 0.4) is 0 Å². The number of benzene rings is 2. The lowest BCUT2D eigenvalue weighted by molar-refractivity contribution is -0.139. The Morgan fingerprint density at radius 3 is 2.14 bits per heavy atom. The maximum Gasteiger partial charge on any atom is 0.418 e. The molecule has 1 heterocycles. The first kappa shape index (κ1) is 38.8. The van der Waals surface area contributed by atoms with Gasteiger partial charge in [0.2, 0.25) is 23.6 Å². The topological polar surface area (TPSA) is 161 Å². The Bertz CT molecular complexity index is 1790. The molecule has 0 radical (unpaired) electrons. The number of halogens is 4. The lowest BCUT2D eigenvalue weighted by Crippen LogP contribution is -2.67. The molecule has 5 amide bonds. The molecule has 6 N–H and O–H groups in total. The van der Waals surface area contributed by atoms with Crippen LogP contribution < -0.4 is 26.8 Å². The number of carbonyl (C=O) groups is 5. The van der Waals surface area contributed by atoms with E-state index >= 15 is 0 Å². The lowest BCUT2D eigenvalue weighted by Gasteiger charge is -2.39. The number of hydrazine groups is 1. The average Bonchev–Trinajstić information content (AvgIpc) is 3.45. The first-order valence-electron chi connectivity index (χ1n) is 16.9. The van der Waals surface area contributed by atoms with E-state index in [1.54, 1.807) is 33.8 Å². The Balaban J connectivity index is 1.74. The standard InChI is InChI=1S/C36H44F4N6O5/c1-6-19(3)29(42-28(48)17-22-11-8-9-14-26(22)37)32(49)44-35(34(51)43-30(20(4)7-2)33(50)46-45-21(5)47)16-15-27-24(18-35)23-12-10-13-25(31(23)41-27)36(38,39)40/h8-14,19-20,29-30,41H,6-7,15-18H2,1-5H3,(H,42,48)(H,43,51)(H,44,49)(H,45,47)(H,46,50)/t19?,20-,29-,30?,35+/m0/s1. The first-order valence-corrected chi connectivity index (χ1v) is 16.9. The minimum Gasteiger partial charge on any atom is -0.358 e. The maximum absolute atomic E-state index is 14.5. The SMILES string of the molecule is CCC(C)[C@H](NC(=O)Cc1ccccc1F)C(=O)N[C@]1(C(=O)NC(C(=O)NNC(C)=O)[C@@H](C)CC)CCc2[nH]c3c(C(F)(F)F)cccc3c2C1. The molecule has 0 fully saturated rings. The minimum absolute atomic E-state index is 0.0642. The summed E-state index contributed by atoms with van der Waals surface area (Å²) >= 11 is 0. The monoisotopic (exact) mass is 716 g/mol. The molecule has 276 valence electrons. The number of hydrogen-bond donors (Lipinski definition) is 6. The third-order valence-corrected chi connectivity index (χ3v) is 9.68. The third-order valence-electron chi connectivity index (χ3n) is 9.68. The van der Waals surface area contributed by atoms with E-state index in [-0.39, 0.29) is 42.1 Å². The number of para-hydroxylation sites is 1. The summed E-state index contributed by atoms with van der Waals surface area (Å²) in [5.74, 6) is -4.88. The van der Waals surface area contributed by atoms with Crippen molar-refractivity contribution in [2.75, 3.05) is 0 Å². The number of aryl methyl sites for hydroxylation is 1. The van der Waals surface area contributed by atoms with Gasteiger partial charge in [0.25, 0.3) is 5.91 Å². The molecule has 2 unspecified atom stereocenters. The Morgan fingerprint density at radius 1 is 0.882 bits per heavy atom. The molecule has 1 aliphatic carbocycles. The second kappa shape index (κ2) is 15.9. The molecule has 1 aliphatic rings. The van der Waals surface area contributed by atoms with E-state index in [4.69, 9.17) is 0 Å². The fraction of sp³-hybridized carbons (Fsp3) is 0.472. The van der Waals surface area contributed by atoms with E-state index in [0.29, 0.717) is 24.1 Å². The highest BCUT2D eigenvalue weighted by Gasteiger charge is 2.47. The summed E-state index contributed by atoms with van der Waals surface area (Å²) in [7, 11) is 0. The lowest BCUT2D eigenvalue weighted by atomic mass is 9.78. The number of amides is 5. The van der Waals surface area contributed by atoms with Gasteiger partial charge in [0.1, 0.15) is 23.4 Å². The van der Waals surface area contributed by atoms with Crippen molar-refractivity contribution in [2.24, 2.45) is 11.8 Å². The number of alkyl halides is 3. The van der Waals surface area contributed by atoms with Crippen LogP contribution in [0.25, 0.3) is 10.9 Å². The van der Waals surface area contributed by atoms with Crippen LogP contribution >= 0.6 is 0 Å². The van der Waals surface area contributed by atoms with Crippen molar-refractivity contribution in [2.45, 2.75) is 96.9 Å². The van der Waals surface area contributed by atoms with Crippen molar-refractivity contribution in [3.8, 4) is 0 Å². The van der Waals surface area contributed by atoms with E-state index in [9.17, 15) is 41.5 Å². The molecule has 5 atom stereocenters. The van der Waals surface area contributed by atoms with Crippen LogP contribution in [0.2, 0.25) is 0 Å². The second-order valence-corrected chi connectivity index (χ2v) is 13.3. The van der Waals surface area contributed by atoms with E-state index < -0.39 is 76.6 Å². The summed E-state index contributed by atoms with van der Waals surface area (Å²) in [6, 6.07) is 7.11. The fourth-order valence-corrected chi connectivity index (χ4v) is 6.33. The molecule has 51 heavy (non-hydrogen) atoms. The highest BCUT2D eigenvalue weighted by molar-refractivity contribution is 5.99. The minimum atomic E-state index is -4.66. The van der Waals surface area contributed by atoms with Gasteiger partial charge in [-0.3, -0.25) is 34.8 Å². The van der Waals surface area contributed by atoms with Crippen molar-refractivity contribution in [1.29, 1.82) is 0 Å². The van der Waals surface area contributed by atoms with Crippen LogP contribution in [-0.4, -0.2) is 52.1 Å².